The van der Waals surface area contributed by atoms with Gasteiger partial charge in [0.25, 0.3) is 0 Å². The number of imidazole rings is 1. The fourth-order valence-corrected chi connectivity index (χ4v) is 3.51. The quantitative estimate of drug-likeness (QED) is 0.409. The molecule has 2 aromatic rings. The number of carbonyl (C=O) groups excluding carboxylic acids is 1. The Morgan fingerprint density at radius 2 is 1.94 bits per heavy atom. The molecule has 1 fully saturated rings. The molecule has 194 valence electrons. The number of amides is 1. The van der Waals surface area contributed by atoms with Crippen LogP contribution in [0.3, 0.4) is 0 Å². The van der Waals surface area contributed by atoms with Gasteiger partial charge in [0.15, 0.2) is 0 Å². The Labute approximate surface area is 210 Å². The summed E-state index contributed by atoms with van der Waals surface area (Å²) in [6.45, 7) is 7.42. The third-order valence-corrected chi connectivity index (χ3v) is 5.64. The van der Waals surface area contributed by atoms with Gasteiger partial charge in [0.05, 0.1) is 24.4 Å². The van der Waals surface area contributed by atoms with Crippen LogP contribution < -0.4 is 11.1 Å². The van der Waals surface area contributed by atoms with E-state index < -0.39 is 11.9 Å². The van der Waals surface area contributed by atoms with E-state index in [0.29, 0.717) is 42.0 Å². The molecule has 12 heteroatoms. The van der Waals surface area contributed by atoms with Crippen molar-refractivity contribution in [1.29, 1.82) is 0 Å². The second-order valence-electron chi connectivity index (χ2n) is 8.37. The Morgan fingerprint density at radius 1 is 1.23 bits per heavy atom. The van der Waals surface area contributed by atoms with Crippen LogP contribution in [0.1, 0.15) is 43.0 Å². The van der Waals surface area contributed by atoms with Crippen molar-refractivity contribution < 1.29 is 24.2 Å². The molecule has 11 nitrogen and oxygen atoms in total. The predicted molar refractivity (Wildman–Crippen MR) is 133 cm³/mol. The summed E-state index contributed by atoms with van der Waals surface area (Å²) in [6, 6.07) is 4.29. The Hall–Kier alpha value is -2.57. The van der Waals surface area contributed by atoms with Gasteiger partial charge in [-0.05, 0) is 51.9 Å². The molecule has 0 unspecified atom stereocenters. The van der Waals surface area contributed by atoms with E-state index >= 15 is 0 Å². The number of hydrogen-bond donors (Lipinski definition) is 3. The van der Waals surface area contributed by atoms with Gasteiger partial charge in [-0.15, -0.1) is 0 Å². The minimum atomic E-state index is -1.19. The number of carbonyl (C=O) groups is 2. The molecule has 2 aromatic heterocycles. The van der Waals surface area contributed by atoms with Crippen molar-refractivity contribution in [2.75, 3.05) is 38.7 Å². The summed E-state index contributed by atoms with van der Waals surface area (Å²) in [4.78, 5) is 33.9. The van der Waals surface area contributed by atoms with Gasteiger partial charge in [-0.2, -0.15) is 0 Å². The Balaban J connectivity index is 0.000000360. The first-order valence-corrected chi connectivity index (χ1v) is 11.8. The third kappa shape index (κ3) is 9.90. The first-order valence-electron chi connectivity index (χ1n) is 11.5. The summed E-state index contributed by atoms with van der Waals surface area (Å²) in [5.74, 6) is -1.00. The highest BCUT2D eigenvalue weighted by Crippen LogP contribution is 2.12. The van der Waals surface area contributed by atoms with Crippen molar-refractivity contribution in [2.24, 2.45) is 5.73 Å². The normalized spacial score (nSPS) is 14.5. The Morgan fingerprint density at radius 3 is 2.51 bits per heavy atom. The summed E-state index contributed by atoms with van der Waals surface area (Å²) in [5.41, 5.74) is 5.66. The van der Waals surface area contributed by atoms with Gasteiger partial charge >= 0.3 is 5.97 Å². The lowest BCUT2D eigenvalue weighted by Crippen LogP contribution is -2.42. The highest BCUT2D eigenvalue weighted by Gasteiger charge is 2.19. The number of hydrogen-bond acceptors (Lipinski definition) is 8. The monoisotopic (exact) mass is 510 g/mol. The summed E-state index contributed by atoms with van der Waals surface area (Å²) < 4.78 is 11.5. The number of piperidine rings is 1. The number of nitrogens with one attached hydrogen (secondary N) is 1. The number of rotatable bonds is 10. The fourth-order valence-electron chi connectivity index (χ4n) is 3.39. The summed E-state index contributed by atoms with van der Waals surface area (Å²) in [5, 5.41) is 12.2. The lowest BCUT2D eigenvalue weighted by molar-refractivity contribution is -0.116. The lowest BCUT2D eigenvalue weighted by atomic mass is 10.1. The van der Waals surface area contributed by atoms with E-state index in [4.69, 9.17) is 26.8 Å². The zero-order valence-electron chi connectivity index (χ0n) is 20.4. The number of aromatic nitrogens is 3. The third-order valence-electron chi connectivity index (χ3n) is 5.42. The molecule has 0 radical (unpaired) electrons. The van der Waals surface area contributed by atoms with Gasteiger partial charge in [-0.3, -0.25) is 4.79 Å². The summed E-state index contributed by atoms with van der Waals surface area (Å²) in [7, 11) is 1.54. The number of ether oxygens (including phenoxy) is 2. The van der Waals surface area contributed by atoms with Gasteiger partial charge in [0.1, 0.15) is 30.5 Å². The van der Waals surface area contributed by atoms with Gasteiger partial charge in [0, 0.05) is 25.4 Å². The molecule has 35 heavy (non-hydrogen) atoms. The number of methoxy groups -OCH3 is 1. The molecule has 0 atom stereocenters. The minimum absolute atomic E-state index is 0.0586. The highest BCUT2D eigenvalue weighted by atomic mass is 35.5. The maximum atomic E-state index is 12.2. The van der Waals surface area contributed by atoms with Crippen molar-refractivity contribution in [3.63, 3.8) is 0 Å². The molecule has 3 rings (SSSR count). The number of carboxylic acid groups (broad SMARTS) is 1. The van der Waals surface area contributed by atoms with Gasteiger partial charge in [-0.25, -0.2) is 14.8 Å². The van der Waals surface area contributed by atoms with Crippen molar-refractivity contribution in [2.45, 2.75) is 51.9 Å². The SMILES string of the molecule is CC(C)N1CCC(N)CC1.COCCOCc1ncc(C(=O)O)n1CC(=O)Nc1ccc(Cl)cn1. The molecule has 0 aliphatic carbocycles. The highest BCUT2D eigenvalue weighted by molar-refractivity contribution is 6.30. The van der Waals surface area contributed by atoms with Crippen LogP contribution >= 0.6 is 11.6 Å². The molecule has 1 aliphatic rings. The number of halogens is 1. The molecule has 0 bridgehead atoms. The average Bonchev–Trinajstić information content (AvgIpc) is 3.21. The molecule has 4 N–H and O–H groups in total. The number of carboxylic acids is 1. The van der Waals surface area contributed by atoms with E-state index in [0.717, 1.165) is 0 Å². The van der Waals surface area contributed by atoms with Crippen LogP contribution in [-0.2, 0) is 27.4 Å². The molecular formula is C23H35ClN6O5. The molecular weight excluding hydrogens is 476 g/mol. The first-order chi connectivity index (χ1) is 16.7. The van der Waals surface area contributed by atoms with Crippen LogP contribution in [0, 0.1) is 0 Å². The lowest BCUT2D eigenvalue weighted by Gasteiger charge is -2.32. The van der Waals surface area contributed by atoms with E-state index in [2.05, 4.69) is 34.0 Å². The molecule has 0 saturated carbocycles. The van der Waals surface area contributed by atoms with Crippen molar-refractivity contribution in [1.82, 2.24) is 19.4 Å². The molecule has 1 aliphatic heterocycles. The number of anilines is 1. The minimum Gasteiger partial charge on any atom is -0.477 e. The maximum absolute atomic E-state index is 12.2. The molecule has 1 saturated heterocycles. The van der Waals surface area contributed by atoms with Gasteiger partial charge < -0.3 is 35.1 Å². The number of aromatic carboxylic acids is 1. The number of pyridine rings is 1. The van der Waals surface area contributed by atoms with Crippen molar-refractivity contribution >= 4 is 29.3 Å². The van der Waals surface area contributed by atoms with E-state index in [1.807, 2.05) is 0 Å². The Bertz CT molecular complexity index is 929. The van der Waals surface area contributed by atoms with Crippen LogP contribution in [0.15, 0.2) is 24.5 Å². The van der Waals surface area contributed by atoms with Crippen molar-refractivity contribution in [3.8, 4) is 0 Å². The smallest absolute Gasteiger partial charge is 0.354 e. The zero-order valence-corrected chi connectivity index (χ0v) is 21.2. The second-order valence-corrected chi connectivity index (χ2v) is 8.81. The average molecular weight is 511 g/mol. The van der Waals surface area contributed by atoms with Crippen LogP contribution in [0.2, 0.25) is 5.02 Å². The van der Waals surface area contributed by atoms with E-state index in [1.165, 1.54) is 42.9 Å². The number of likely N-dealkylation sites (tertiary alicyclic amines) is 1. The fraction of sp³-hybridized carbons (Fsp3) is 0.565. The number of nitrogens with zero attached hydrogens (tertiary/aromatic N) is 4. The van der Waals surface area contributed by atoms with Crippen molar-refractivity contribution in [3.05, 3.63) is 41.1 Å². The molecule has 3 heterocycles. The molecule has 0 aromatic carbocycles. The van der Waals surface area contributed by atoms with Crippen LogP contribution in [0.4, 0.5) is 5.82 Å². The second kappa shape index (κ2) is 14.7. The zero-order chi connectivity index (χ0) is 25.8. The molecule has 1 amide bonds. The summed E-state index contributed by atoms with van der Waals surface area (Å²) >= 11 is 5.73. The topological polar surface area (TPSA) is 145 Å². The number of nitrogens with two attached hydrogens (primary N) is 1. The summed E-state index contributed by atoms with van der Waals surface area (Å²) in [6.07, 6.45) is 4.94. The van der Waals surface area contributed by atoms with E-state index in [9.17, 15) is 14.7 Å². The standard InChI is InChI=1S/C15H17ClN4O5.C8H18N2/c1-24-4-5-25-9-13-18-7-11(15(22)23)20(13)8-14(21)19-12-3-2-10(16)6-17-12;1-7(2)10-5-3-8(9)4-6-10/h2-3,6-7H,4-5,8-9H2,1H3,(H,22,23)(H,17,19,21);7-8H,3-6,9H2,1-2H3. The van der Waals surface area contributed by atoms with Crippen LogP contribution in [-0.4, -0.2) is 81.9 Å². The van der Waals surface area contributed by atoms with Crippen LogP contribution in [0.5, 0.6) is 0 Å². The van der Waals surface area contributed by atoms with Gasteiger partial charge in [0.2, 0.25) is 5.91 Å². The van der Waals surface area contributed by atoms with E-state index in [-0.39, 0.29) is 18.8 Å². The van der Waals surface area contributed by atoms with Gasteiger partial charge in [-0.1, -0.05) is 11.6 Å². The largest absolute Gasteiger partial charge is 0.477 e. The predicted octanol–water partition coefficient (Wildman–Crippen LogP) is 2.25. The van der Waals surface area contributed by atoms with Crippen LogP contribution in [0.25, 0.3) is 0 Å². The van der Waals surface area contributed by atoms with E-state index in [1.54, 1.807) is 19.2 Å². The molecule has 0 spiro atoms. The Kier molecular flexibility index (Phi) is 12.1. The first kappa shape index (κ1) is 28.7. The maximum Gasteiger partial charge on any atom is 0.354 e.